The quantitative estimate of drug-likeness (QED) is 0.105. The van der Waals surface area contributed by atoms with Crippen molar-refractivity contribution in [1.82, 2.24) is 0 Å². The van der Waals surface area contributed by atoms with E-state index in [4.69, 9.17) is 9.47 Å². The van der Waals surface area contributed by atoms with E-state index in [0.717, 1.165) is 95.9 Å². The van der Waals surface area contributed by atoms with E-state index in [2.05, 4.69) is 50.2 Å². The molecule has 0 aliphatic heterocycles. The molecule has 0 saturated carbocycles. The summed E-state index contributed by atoms with van der Waals surface area (Å²) in [7, 11) is 0. The lowest BCUT2D eigenvalue weighted by Crippen LogP contribution is -2.29. The summed E-state index contributed by atoms with van der Waals surface area (Å²) in [6.45, 7) is 9.25. The topological polar surface area (TPSA) is 93.1 Å². The lowest BCUT2D eigenvalue weighted by molar-refractivity contribution is 0.0681. The highest BCUT2D eigenvalue weighted by atomic mass is 16.5. The number of fused-ring (bicyclic) bond motifs is 3. The third-order valence-electron chi connectivity index (χ3n) is 9.25. The van der Waals surface area contributed by atoms with Crippen LogP contribution in [0.3, 0.4) is 0 Å². The van der Waals surface area contributed by atoms with E-state index in [9.17, 15) is 19.8 Å². The van der Waals surface area contributed by atoms with Crippen LogP contribution < -0.4 is 9.47 Å². The third kappa shape index (κ3) is 6.78. The molecule has 5 rings (SSSR count). The highest BCUT2D eigenvalue weighted by molar-refractivity contribution is 5.94. The first kappa shape index (κ1) is 33.8. The summed E-state index contributed by atoms with van der Waals surface area (Å²) in [5.74, 6) is -1.48. The van der Waals surface area contributed by atoms with Gasteiger partial charge in [0.05, 0.1) is 18.6 Å². The smallest absolute Gasteiger partial charge is 0.339 e. The van der Waals surface area contributed by atoms with Gasteiger partial charge < -0.3 is 19.7 Å². The molecule has 0 radical (unpaired) electrons. The number of unbranched alkanes of at least 4 members (excludes halogenated alkanes) is 6. The van der Waals surface area contributed by atoms with Gasteiger partial charge in [0.1, 0.15) is 22.6 Å². The van der Waals surface area contributed by atoms with Crippen LogP contribution in [0.25, 0.3) is 11.1 Å². The molecule has 47 heavy (non-hydrogen) atoms. The summed E-state index contributed by atoms with van der Waals surface area (Å²) in [6, 6.07) is 23.5. The second-order valence-electron chi connectivity index (χ2n) is 12.7. The van der Waals surface area contributed by atoms with Gasteiger partial charge in [-0.25, -0.2) is 9.59 Å². The number of ether oxygens (including phenoxy) is 2. The molecule has 6 heteroatoms. The predicted octanol–water partition coefficient (Wildman–Crippen LogP) is 9.98. The number of carboxylic acid groups (broad SMARTS) is 2. The molecule has 0 fully saturated rings. The number of aromatic carboxylic acids is 2. The Balaban J connectivity index is 1.72. The average Bonchev–Trinajstić information content (AvgIpc) is 3.33. The van der Waals surface area contributed by atoms with Crippen LogP contribution in [0.2, 0.25) is 0 Å². The molecule has 1 aliphatic carbocycles. The van der Waals surface area contributed by atoms with Crippen molar-refractivity contribution in [3.8, 4) is 22.6 Å². The summed E-state index contributed by atoms with van der Waals surface area (Å²) in [6.07, 6.45) is 8.17. The van der Waals surface area contributed by atoms with Crippen LogP contribution in [0.4, 0.5) is 0 Å². The highest BCUT2D eigenvalue weighted by Gasteiger charge is 2.47. The fourth-order valence-electron chi connectivity index (χ4n) is 6.87. The van der Waals surface area contributed by atoms with Crippen molar-refractivity contribution in [3.05, 3.63) is 117 Å². The van der Waals surface area contributed by atoms with E-state index in [0.29, 0.717) is 24.7 Å². The van der Waals surface area contributed by atoms with Crippen molar-refractivity contribution in [2.24, 2.45) is 0 Å². The van der Waals surface area contributed by atoms with Crippen molar-refractivity contribution in [2.45, 2.75) is 84.5 Å². The molecule has 0 spiro atoms. The molecule has 0 aromatic heterocycles. The molecule has 0 bridgehead atoms. The Morgan fingerprint density at radius 2 is 1.00 bits per heavy atom. The third-order valence-corrected chi connectivity index (χ3v) is 9.25. The Bertz CT molecular complexity index is 1620. The van der Waals surface area contributed by atoms with E-state index in [1.165, 1.54) is 0 Å². The summed E-state index contributed by atoms with van der Waals surface area (Å²) >= 11 is 0. The zero-order valence-corrected chi connectivity index (χ0v) is 28.0. The van der Waals surface area contributed by atoms with Crippen LogP contribution in [0.15, 0.2) is 72.8 Å². The second-order valence-corrected chi connectivity index (χ2v) is 12.7. The number of hydrogen-bond donors (Lipinski definition) is 2. The summed E-state index contributed by atoms with van der Waals surface area (Å²) in [4.78, 5) is 25.5. The van der Waals surface area contributed by atoms with E-state index in [1.807, 2.05) is 26.0 Å². The first-order valence-electron chi connectivity index (χ1n) is 17.0. The van der Waals surface area contributed by atoms with Gasteiger partial charge in [0.25, 0.3) is 0 Å². The predicted molar refractivity (Wildman–Crippen MR) is 186 cm³/mol. The molecule has 0 amide bonds. The van der Waals surface area contributed by atoms with Gasteiger partial charge in [-0.15, -0.1) is 0 Å². The lowest BCUT2D eigenvalue weighted by Gasteiger charge is -2.35. The molecule has 0 saturated heterocycles. The minimum absolute atomic E-state index is 0.0816. The van der Waals surface area contributed by atoms with Gasteiger partial charge in [0.2, 0.25) is 0 Å². The van der Waals surface area contributed by atoms with Crippen molar-refractivity contribution < 1.29 is 29.3 Å². The molecule has 4 aromatic carbocycles. The standard InChI is InChI=1S/C41H46O6/c1-5-7-9-11-21-46-37-19-15-29(25-33(37)39(42)43)41(30-16-20-38(34(26-30)40(44)45)47-22-12-10-8-6-2)35-23-27(3)13-17-31(35)32-18-14-28(4)24-36(32)41/h13-20,23-26H,5-12,21-22H2,1-4H3,(H,42,43)(H,44,45). The molecule has 2 N–H and O–H groups in total. The van der Waals surface area contributed by atoms with E-state index in [1.54, 1.807) is 24.3 Å². The molecule has 0 unspecified atom stereocenters. The van der Waals surface area contributed by atoms with Gasteiger partial charge >= 0.3 is 11.9 Å². The van der Waals surface area contributed by atoms with Crippen molar-refractivity contribution in [2.75, 3.05) is 13.2 Å². The SMILES string of the molecule is CCCCCCOc1ccc(C2(c3ccc(OCCCCCC)c(C(=O)O)c3)c3cc(C)ccc3-c3ccc(C)cc32)cc1C(=O)O. The number of benzene rings is 4. The van der Waals surface area contributed by atoms with Crippen LogP contribution in [-0.2, 0) is 5.41 Å². The van der Waals surface area contributed by atoms with Gasteiger partial charge in [-0.2, -0.15) is 0 Å². The van der Waals surface area contributed by atoms with Crippen molar-refractivity contribution in [1.29, 1.82) is 0 Å². The van der Waals surface area contributed by atoms with Crippen LogP contribution >= 0.6 is 0 Å². The normalized spacial score (nSPS) is 12.8. The van der Waals surface area contributed by atoms with E-state index in [-0.39, 0.29) is 11.1 Å². The molecule has 246 valence electrons. The minimum Gasteiger partial charge on any atom is -0.493 e. The van der Waals surface area contributed by atoms with E-state index >= 15 is 0 Å². The van der Waals surface area contributed by atoms with Gasteiger partial charge in [-0.3, -0.25) is 0 Å². The van der Waals surface area contributed by atoms with Gasteiger partial charge in [-0.05, 0) is 84.3 Å². The van der Waals surface area contributed by atoms with Crippen LogP contribution in [0, 0.1) is 13.8 Å². The Morgan fingerprint density at radius 3 is 1.38 bits per heavy atom. The lowest BCUT2D eigenvalue weighted by atomic mass is 9.66. The van der Waals surface area contributed by atoms with Gasteiger partial charge in [0.15, 0.2) is 0 Å². The molecule has 6 nitrogen and oxygen atoms in total. The second kappa shape index (κ2) is 14.9. The van der Waals surface area contributed by atoms with Crippen molar-refractivity contribution >= 4 is 11.9 Å². The molecular formula is C41H46O6. The first-order chi connectivity index (χ1) is 22.7. The molecule has 4 aromatic rings. The Hall–Kier alpha value is -4.58. The van der Waals surface area contributed by atoms with Crippen LogP contribution in [-0.4, -0.2) is 35.4 Å². The molecular weight excluding hydrogens is 588 g/mol. The fraction of sp³-hybridized carbons (Fsp3) is 0.366. The van der Waals surface area contributed by atoms with Gasteiger partial charge in [-0.1, -0.05) is 112 Å². The number of rotatable bonds is 16. The maximum atomic E-state index is 12.7. The summed E-state index contributed by atoms with van der Waals surface area (Å²) < 4.78 is 12.1. The van der Waals surface area contributed by atoms with Gasteiger partial charge in [0, 0.05) is 0 Å². The maximum absolute atomic E-state index is 12.7. The zero-order valence-electron chi connectivity index (χ0n) is 28.0. The van der Waals surface area contributed by atoms with Crippen LogP contribution in [0.5, 0.6) is 11.5 Å². The Morgan fingerprint density at radius 1 is 0.574 bits per heavy atom. The largest absolute Gasteiger partial charge is 0.493 e. The van der Waals surface area contributed by atoms with Crippen LogP contribution in [0.1, 0.15) is 119 Å². The van der Waals surface area contributed by atoms with E-state index < -0.39 is 17.4 Å². The fourth-order valence-corrected chi connectivity index (χ4v) is 6.87. The number of hydrogen-bond acceptors (Lipinski definition) is 4. The summed E-state index contributed by atoms with van der Waals surface area (Å²) in [5, 5.41) is 20.8. The highest BCUT2D eigenvalue weighted by Crippen LogP contribution is 2.57. The first-order valence-corrected chi connectivity index (χ1v) is 17.0. The number of carboxylic acids is 2. The maximum Gasteiger partial charge on any atom is 0.339 e. The average molecular weight is 635 g/mol. The number of aryl methyl sites for hydroxylation is 2. The Labute approximate surface area is 278 Å². The van der Waals surface area contributed by atoms with Crippen molar-refractivity contribution in [3.63, 3.8) is 0 Å². The Kier molecular flexibility index (Phi) is 10.7. The summed E-state index contributed by atoms with van der Waals surface area (Å²) in [5.41, 5.74) is 6.76. The zero-order chi connectivity index (χ0) is 33.6. The minimum atomic E-state index is -1.07. The monoisotopic (exact) mass is 634 g/mol. The number of carbonyl (C=O) groups is 2. The molecule has 0 heterocycles. The molecule has 0 atom stereocenters. The molecule has 1 aliphatic rings.